The fourth-order valence-electron chi connectivity index (χ4n) is 1.93. The van der Waals surface area contributed by atoms with Crippen LogP contribution in [0.4, 0.5) is 0 Å². The van der Waals surface area contributed by atoms with Gasteiger partial charge < -0.3 is 10.3 Å². The predicted molar refractivity (Wildman–Crippen MR) is 86.5 cm³/mol. The molecule has 0 bridgehead atoms. The van der Waals surface area contributed by atoms with E-state index < -0.39 is 0 Å². The number of hydrogen-bond donors (Lipinski definition) is 1. The number of aryl methyl sites for hydroxylation is 1. The van der Waals surface area contributed by atoms with Crippen LogP contribution in [0.3, 0.4) is 0 Å². The molecule has 0 radical (unpaired) electrons. The average Bonchev–Trinajstić information content (AvgIpc) is 2.94. The molecule has 0 spiro atoms. The maximum atomic E-state index is 6.11. The van der Waals surface area contributed by atoms with E-state index in [2.05, 4.69) is 10.1 Å². The molecule has 0 atom stereocenters. The van der Waals surface area contributed by atoms with Gasteiger partial charge in [0.1, 0.15) is 0 Å². The van der Waals surface area contributed by atoms with E-state index in [-0.39, 0.29) is 0 Å². The minimum atomic E-state index is 0.667. The van der Waals surface area contributed by atoms with Gasteiger partial charge in [0, 0.05) is 11.3 Å². The predicted octanol–water partition coefficient (Wildman–Crippen LogP) is 4.08. The van der Waals surface area contributed by atoms with Crippen LogP contribution in [0.5, 0.6) is 0 Å². The summed E-state index contributed by atoms with van der Waals surface area (Å²) in [5, 5.41) is 4.76. The molecular formula is C15H20ClN3OS. The molecule has 1 heterocycles. The van der Waals surface area contributed by atoms with E-state index in [0.717, 1.165) is 53.9 Å². The van der Waals surface area contributed by atoms with Gasteiger partial charge in [-0.1, -0.05) is 41.7 Å². The molecule has 1 aromatic carbocycles. The summed E-state index contributed by atoms with van der Waals surface area (Å²) in [6.07, 6.45) is 5.32. The number of hydrogen-bond acceptors (Lipinski definition) is 5. The van der Waals surface area contributed by atoms with Gasteiger partial charge in [0.25, 0.3) is 0 Å². The molecule has 0 saturated carbocycles. The maximum absolute atomic E-state index is 6.11. The summed E-state index contributed by atoms with van der Waals surface area (Å²) in [6, 6.07) is 7.76. The van der Waals surface area contributed by atoms with Crippen molar-refractivity contribution < 1.29 is 4.52 Å². The van der Waals surface area contributed by atoms with Crippen molar-refractivity contribution in [1.82, 2.24) is 10.1 Å². The summed E-state index contributed by atoms with van der Waals surface area (Å²) in [6.45, 7) is 0.768. The molecule has 2 N–H and O–H groups in total. The lowest BCUT2D eigenvalue weighted by Crippen LogP contribution is -1.97. The highest BCUT2D eigenvalue weighted by molar-refractivity contribution is 7.98. The van der Waals surface area contributed by atoms with Crippen molar-refractivity contribution in [2.24, 2.45) is 5.73 Å². The van der Waals surface area contributed by atoms with Crippen molar-refractivity contribution in [3.63, 3.8) is 0 Å². The number of halogens is 1. The van der Waals surface area contributed by atoms with Gasteiger partial charge >= 0.3 is 0 Å². The van der Waals surface area contributed by atoms with E-state index in [9.17, 15) is 0 Å². The van der Waals surface area contributed by atoms with Crippen molar-refractivity contribution in [1.29, 1.82) is 0 Å². The summed E-state index contributed by atoms with van der Waals surface area (Å²) < 4.78 is 5.26. The topological polar surface area (TPSA) is 64.9 Å². The molecule has 0 aliphatic carbocycles. The molecule has 0 fully saturated rings. The Morgan fingerprint density at radius 2 is 1.95 bits per heavy atom. The summed E-state index contributed by atoms with van der Waals surface area (Å²) in [4.78, 5) is 5.44. The molecule has 4 nitrogen and oxygen atoms in total. The zero-order valence-electron chi connectivity index (χ0n) is 11.9. The second-order valence-electron chi connectivity index (χ2n) is 4.78. The minimum Gasteiger partial charge on any atom is -0.339 e. The first-order valence-corrected chi connectivity index (χ1v) is 8.55. The van der Waals surface area contributed by atoms with E-state index >= 15 is 0 Å². The van der Waals surface area contributed by atoms with Gasteiger partial charge in [-0.3, -0.25) is 0 Å². The zero-order chi connectivity index (χ0) is 14.9. The first kappa shape index (κ1) is 16.3. The van der Waals surface area contributed by atoms with Crippen LogP contribution in [-0.4, -0.2) is 16.7 Å². The third-order valence-corrected chi connectivity index (χ3v) is 4.56. The van der Waals surface area contributed by atoms with Gasteiger partial charge in [0.2, 0.25) is 5.89 Å². The zero-order valence-corrected chi connectivity index (χ0v) is 13.5. The van der Waals surface area contributed by atoms with E-state index in [1.54, 1.807) is 11.8 Å². The normalized spacial score (nSPS) is 11.0. The molecule has 1 aromatic heterocycles. The van der Waals surface area contributed by atoms with Crippen LogP contribution in [0, 0.1) is 0 Å². The van der Waals surface area contributed by atoms with E-state index in [0.29, 0.717) is 5.75 Å². The van der Waals surface area contributed by atoms with E-state index in [4.69, 9.17) is 21.9 Å². The monoisotopic (exact) mass is 325 g/mol. The second kappa shape index (κ2) is 9.07. The summed E-state index contributed by atoms with van der Waals surface area (Å²) in [5.41, 5.74) is 5.46. The minimum absolute atomic E-state index is 0.667. The third-order valence-electron chi connectivity index (χ3n) is 3.05. The molecule has 0 amide bonds. The second-order valence-corrected chi connectivity index (χ2v) is 6.20. The molecule has 2 rings (SSSR count). The Labute approximate surface area is 134 Å². The van der Waals surface area contributed by atoms with Crippen LogP contribution in [0.2, 0.25) is 5.02 Å². The van der Waals surface area contributed by atoms with Crippen molar-refractivity contribution in [2.45, 2.75) is 42.8 Å². The molecule has 21 heavy (non-hydrogen) atoms. The lowest BCUT2D eigenvalue weighted by molar-refractivity contribution is 0.370. The Morgan fingerprint density at radius 1 is 1.14 bits per heavy atom. The molecule has 2 aromatic rings. The Morgan fingerprint density at radius 3 is 2.76 bits per heavy atom. The molecule has 0 unspecified atom stereocenters. The van der Waals surface area contributed by atoms with Crippen LogP contribution in [0.15, 0.2) is 33.7 Å². The van der Waals surface area contributed by atoms with Gasteiger partial charge in [0.15, 0.2) is 5.82 Å². The van der Waals surface area contributed by atoms with Crippen molar-refractivity contribution >= 4 is 23.4 Å². The first-order valence-electron chi connectivity index (χ1n) is 7.18. The average molecular weight is 326 g/mol. The maximum Gasteiger partial charge on any atom is 0.226 e. The van der Waals surface area contributed by atoms with Crippen LogP contribution < -0.4 is 5.73 Å². The number of thioether (sulfide) groups is 1. The van der Waals surface area contributed by atoms with Gasteiger partial charge in [0.05, 0.1) is 10.8 Å². The standard InChI is InChI=1S/C15H20ClN3OS/c16-12-7-4-5-8-13(12)21-11-14-18-15(20-19-14)9-3-1-2-6-10-17/h4-5,7-8H,1-3,6,9-11,17H2. The molecule has 0 aliphatic heterocycles. The van der Waals surface area contributed by atoms with Gasteiger partial charge in [-0.25, -0.2) is 0 Å². The number of unbranched alkanes of at least 4 members (excludes halogenated alkanes) is 3. The summed E-state index contributed by atoms with van der Waals surface area (Å²) in [5.74, 6) is 2.11. The number of benzene rings is 1. The number of aromatic nitrogens is 2. The highest BCUT2D eigenvalue weighted by atomic mass is 35.5. The molecule has 0 aliphatic rings. The molecular weight excluding hydrogens is 306 g/mol. The van der Waals surface area contributed by atoms with E-state index in [1.165, 1.54) is 6.42 Å². The Bertz CT molecular complexity index is 547. The summed E-state index contributed by atoms with van der Waals surface area (Å²) >= 11 is 7.73. The Balaban J connectivity index is 1.74. The van der Waals surface area contributed by atoms with Crippen LogP contribution >= 0.6 is 23.4 Å². The van der Waals surface area contributed by atoms with Gasteiger partial charge in [-0.05, 0) is 31.5 Å². The number of rotatable bonds is 9. The smallest absolute Gasteiger partial charge is 0.226 e. The largest absolute Gasteiger partial charge is 0.339 e. The molecule has 114 valence electrons. The third kappa shape index (κ3) is 5.69. The van der Waals surface area contributed by atoms with Crippen LogP contribution in [0.25, 0.3) is 0 Å². The number of nitrogens with zero attached hydrogens (tertiary/aromatic N) is 2. The molecule has 0 saturated heterocycles. The first-order chi connectivity index (χ1) is 10.3. The van der Waals surface area contributed by atoms with Gasteiger partial charge in [-0.2, -0.15) is 4.98 Å². The fourth-order valence-corrected chi connectivity index (χ4v) is 3.01. The van der Waals surface area contributed by atoms with E-state index in [1.807, 2.05) is 24.3 Å². The van der Waals surface area contributed by atoms with Gasteiger partial charge in [-0.15, -0.1) is 11.8 Å². The fraction of sp³-hybridized carbons (Fsp3) is 0.467. The highest BCUT2D eigenvalue weighted by Gasteiger charge is 2.08. The Kier molecular flexibility index (Phi) is 7.06. The lowest BCUT2D eigenvalue weighted by Gasteiger charge is -2.00. The van der Waals surface area contributed by atoms with Crippen molar-refractivity contribution in [2.75, 3.05) is 6.54 Å². The summed E-state index contributed by atoms with van der Waals surface area (Å²) in [7, 11) is 0. The van der Waals surface area contributed by atoms with Crippen LogP contribution in [0.1, 0.15) is 37.4 Å². The molecule has 6 heteroatoms. The number of nitrogens with two attached hydrogens (primary N) is 1. The van der Waals surface area contributed by atoms with Crippen molar-refractivity contribution in [3.05, 3.63) is 41.0 Å². The highest BCUT2D eigenvalue weighted by Crippen LogP contribution is 2.28. The van der Waals surface area contributed by atoms with Crippen molar-refractivity contribution in [3.8, 4) is 0 Å². The lowest BCUT2D eigenvalue weighted by atomic mass is 10.1. The SMILES string of the molecule is NCCCCCCc1nc(CSc2ccccc2Cl)no1. The quantitative estimate of drug-likeness (QED) is 0.556. The Hall–Kier alpha value is -1.04. The van der Waals surface area contributed by atoms with Crippen LogP contribution in [-0.2, 0) is 12.2 Å².